The van der Waals surface area contributed by atoms with E-state index in [2.05, 4.69) is 26.2 Å². The zero-order valence-corrected chi connectivity index (χ0v) is 12.4. The molecule has 0 aliphatic heterocycles. The van der Waals surface area contributed by atoms with E-state index in [1.54, 1.807) is 12.5 Å². The minimum absolute atomic E-state index is 0.0550. The third-order valence-electron chi connectivity index (χ3n) is 2.75. The Bertz CT molecular complexity index is 615. The lowest BCUT2D eigenvalue weighted by Gasteiger charge is -2.15. The van der Waals surface area contributed by atoms with E-state index in [1.165, 1.54) is 12.1 Å². The van der Waals surface area contributed by atoms with E-state index in [4.69, 9.17) is 5.73 Å². The number of nitrogens with zero attached hydrogens (tertiary/aromatic N) is 2. The first kappa shape index (κ1) is 14.5. The van der Waals surface area contributed by atoms with Gasteiger partial charge in [0.2, 0.25) is 0 Å². The number of aromatic nitrogens is 2. The van der Waals surface area contributed by atoms with Gasteiger partial charge in [-0.2, -0.15) is 0 Å². The van der Waals surface area contributed by atoms with Crippen LogP contribution in [0.2, 0.25) is 0 Å². The van der Waals surface area contributed by atoms with Gasteiger partial charge in [-0.25, -0.2) is 9.37 Å². The molecule has 106 valence electrons. The quantitative estimate of drug-likeness (QED) is 0.838. The molecular weight excluding hydrogens is 327 g/mol. The number of carbonyl (C=O) groups is 1. The van der Waals surface area contributed by atoms with Gasteiger partial charge in [-0.1, -0.05) is 0 Å². The molecule has 7 heteroatoms. The van der Waals surface area contributed by atoms with Crippen LogP contribution in [0.15, 0.2) is 35.3 Å². The van der Waals surface area contributed by atoms with E-state index in [1.807, 2.05) is 17.7 Å². The fourth-order valence-corrected chi connectivity index (χ4v) is 2.29. The summed E-state index contributed by atoms with van der Waals surface area (Å²) in [6, 6.07) is 2.40. The van der Waals surface area contributed by atoms with E-state index in [-0.39, 0.29) is 17.6 Å². The lowest BCUT2D eigenvalue weighted by molar-refractivity contribution is 0.0936. The number of halogens is 2. The molecule has 1 atom stereocenters. The number of carbonyl (C=O) groups excluding carboxylic acids is 1. The average Bonchev–Trinajstić information content (AvgIpc) is 2.86. The van der Waals surface area contributed by atoms with Gasteiger partial charge in [0.1, 0.15) is 5.82 Å². The fraction of sp³-hybridized carbons (Fsp3) is 0.231. The molecule has 1 unspecified atom stereocenters. The number of hydrogen-bond acceptors (Lipinski definition) is 3. The highest BCUT2D eigenvalue weighted by atomic mass is 79.9. The molecule has 2 rings (SSSR count). The van der Waals surface area contributed by atoms with Crippen LogP contribution in [-0.4, -0.2) is 21.5 Å². The number of nitrogen functional groups attached to an aromatic ring is 1. The maximum absolute atomic E-state index is 13.2. The number of anilines is 1. The molecule has 1 heterocycles. The van der Waals surface area contributed by atoms with Crippen LogP contribution in [0.4, 0.5) is 10.1 Å². The second-order valence-corrected chi connectivity index (χ2v) is 5.34. The van der Waals surface area contributed by atoms with Crippen molar-refractivity contribution < 1.29 is 9.18 Å². The molecule has 5 nitrogen and oxygen atoms in total. The smallest absolute Gasteiger partial charge is 0.252 e. The highest BCUT2D eigenvalue weighted by Gasteiger charge is 2.15. The number of rotatable bonds is 4. The van der Waals surface area contributed by atoms with Gasteiger partial charge in [0, 0.05) is 29.5 Å². The predicted molar refractivity (Wildman–Crippen MR) is 77.7 cm³/mol. The van der Waals surface area contributed by atoms with E-state index >= 15 is 0 Å². The third-order valence-corrected chi connectivity index (χ3v) is 3.41. The maximum Gasteiger partial charge on any atom is 0.252 e. The van der Waals surface area contributed by atoms with Crippen molar-refractivity contribution in [3.8, 4) is 0 Å². The van der Waals surface area contributed by atoms with Crippen molar-refractivity contribution in [1.82, 2.24) is 14.9 Å². The van der Waals surface area contributed by atoms with Crippen molar-refractivity contribution in [3.05, 3.63) is 46.7 Å². The predicted octanol–water partition coefficient (Wildman–Crippen LogP) is 2.19. The van der Waals surface area contributed by atoms with Crippen molar-refractivity contribution >= 4 is 27.5 Å². The minimum atomic E-state index is -0.556. The topological polar surface area (TPSA) is 72.9 Å². The van der Waals surface area contributed by atoms with Crippen LogP contribution in [0.25, 0.3) is 0 Å². The maximum atomic E-state index is 13.2. The summed E-state index contributed by atoms with van der Waals surface area (Å²) in [4.78, 5) is 16.1. The largest absolute Gasteiger partial charge is 0.396 e. The van der Waals surface area contributed by atoms with Crippen molar-refractivity contribution in [2.24, 2.45) is 0 Å². The number of amides is 1. The summed E-state index contributed by atoms with van der Waals surface area (Å²) >= 11 is 3.16. The Labute approximate surface area is 124 Å². The normalized spacial score (nSPS) is 12.2. The summed E-state index contributed by atoms with van der Waals surface area (Å²) in [6.07, 6.45) is 5.16. The van der Waals surface area contributed by atoms with Crippen molar-refractivity contribution in [1.29, 1.82) is 0 Å². The summed E-state index contributed by atoms with van der Waals surface area (Å²) in [6.45, 7) is 2.47. The molecule has 1 aromatic heterocycles. The molecule has 3 N–H and O–H groups in total. The van der Waals surface area contributed by atoms with Crippen LogP contribution >= 0.6 is 15.9 Å². The Kier molecular flexibility index (Phi) is 4.39. The standard InChI is InChI=1S/C13H14BrFN4O/c1-8(6-19-3-2-17-7-19)18-13(20)9-4-12(16)11(15)5-10(9)14/h2-5,7-8H,6,16H2,1H3,(H,18,20). The van der Waals surface area contributed by atoms with E-state index in [0.717, 1.165) is 0 Å². The van der Waals surface area contributed by atoms with Gasteiger partial charge in [0.15, 0.2) is 0 Å². The highest BCUT2D eigenvalue weighted by molar-refractivity contribution is 9.10. The summed E-state index contributed by atoms with van der Waals surface area (Å²) in [5.74, 6) is -0.865. The van der Waals surface area contributed by atoms with E-state index in [9.17, 15) is 9.18 Å². The summed E-state index contributed by atoms with van der Waals surface area (Å²) in [5.41, 5.74) is 5.73. The van der Waals surface area contributed by atoms with Crippen LogP contribution in [0.5, 0.6) is 0 Å². The van der Waals surface area contributed by atoms with Crippen LogP contribution < -0.4 is 11.1 Å². The van der Waals surface area contributed by atoms with Gasteiger partial charge in [-0.05, 0) is 35.0 Å². The van der Waals surface area contributed by atoms with Gasteiger partial charge in [0.05, 0.1) is 17.6 Å². The fourth-order valence-electron chi connectivity index (χ4n) is 1.80. The number of nitrogens with two attached hydrogens (primary N) is 1. The first-order valence-electron chi connectivity index (χ1n) is 5.98. The minimum Gasteiger partial charge on any atom is -0.396 e. The molecule has 0 aliphatic carbocycles. The molecule has 0 aliphatic rings. The molecule has 0 fully saturated rings. The zero-order valence-electron chi connectivity index (χ0n) is 10.8. The lowest BCUT2D eigenvalue weighted by atomic mass is 10.1. The van der Waals surface area contributed by atoms with Crippen LogP contribution in [0.3, 0.4) is 0 Å². The number of nitrogens with one attached hydrogen (secondary N) is 1. The van der Waals surface area contributed by atoms with Crippen LogP contribution in [-0.2, 0) is 6.54 Å². The van der Waals surface area contributed by atoms with Crippen molar-refractivity contribution in [2.45, 2.75) is 19.5 Å². The Morgan fingerprint density at radius 1 is 1.60 bits per heavy atom. The average molecular weight is 341 g/mol. The summed E-state index contributed by atoms with van der Waals surface area (Å²) in [5, 5.41) is 2.83. The molecule has 1 aromatic carbocycles. The van der Waals surface area contributed by atoms with E-state index in [0.29, 0.717) is 16.6 Å². The molecule has 0 spiro atoms. The van der Waals surface area contributed by atoms with Gasteiger partial charge in [-0.15, -0.1) is 0 Å². The monoisotopic (exact) mass is 340 g/mol. The first-order chi connectivity index (χ1) is 9.47. The van der Waals surface area contributed by atoms with Gasteiger partial charge in [-0.3, -0.25) is 4.79 Å². The molecular formula is C13H14BrFN4O. The SMILES string of the molecule is CC(Cn1ccnc1)NC(=O)c1cc(N)c(F)cc1Br. The second-order valence-electron chi connectivity index (χ2n) is 4.49. The van der Waals surface area contributed by atoms with Crippen molar-refractivity contribution in [2.75, 3.05) is 5.73 Å². The molecule has 0 saturated carbocycles. The molecule has 0 bridgehead atoms. The molecule has 2 aromatic rings. The third kappa shape index (κ3) is 3.36. The molecule has 20 heavy (non-hydrogen) atoms. The number of hydrogen-bond donors (Lipinski definition) is 2. The summed E-state index contributed by atoms with van der Waals surface area (Å²) in [7, 11) is 0. The summed E-state index contributed by atoms with van der Waals surface area (Å²) < 4.78 is 15.5. The Morgan fingerprint density at radius 2 is 2.35 bits per heavy atom. The van der Waals surface area contributed by atoms with Gasteiger partial charge < -0.3 is 15.6 Å². The Hall–Kier alpha value is -1.89. The number of imidazole rings is 1. The van der Waals surface area contributed by atoms with Gasteiger partial charge in [0.25, 0.3) is 5.91 Å². The lowest BCUT2D eigenvalue weighted by Crippen LogP contribution is -2.35. The Morgan fingerprint density at radius 3 is 3.00 bits per heavy atom. The first-order valence-corrected chi connectivity index (χ1v) is 6.78. The zero-order chi connectivity index (χ0) is 14.7. The molecule has 0 saturated heterocycles. The van der Waals surface area contributed by atoms with Crippen LogP contribution in [0, 0.1) is 5.82 Å². The number of benzene rings is 1. The van der Waals surface area contributed by atoms with E-state index < -0.39 is 5.82 Å². The van der Waals surface area contributed by atoms with Crippen molar-refractivity contribution in [3.63, 3.8) is 0 Å². The van der Waals surface area contributed by atoms with Crippen LogP contribution in [0.1, 0.15) is 17.3 Å². The molecule has 0 radical (unpaired) electrons. The second kappa shape index (κ2) is 6.04. The Balaban J connectivity index is 2.06. The van der Waals surface area contributed by atoms with Gasteiger partial charge >= 0.3 is 0 Å². The molecule has 1 amide bonds. The highest BCUT2D eigenvalue weighted by Crippen LogP contribution is 2.22.